The summed E-state index contributed by atoms with van der Waals surface area (Å²) in [5.41, 5.74) is -0.131. The maximum Gasteiger partial charge on any atom is 0.349 e. The monoisotopic (exact) mass is 461 g/mol. The standard InChI is InChI=1S/C20H16BrNO7/c21-12-4-6-14(16(10-12)22(25)26)17-7-5-13(27-17)11-15-18(23)28-20(29-19(15)24)8-2-1-3-9-20/h4-7,10-11H,1-3,8-9H2. The Labute approximate surface area is 173 Å². The molecule has 29 heavy (non-hydrogen) atoms. The molecule has 0 radical (unpaired) electrons. The first kappa shape index (κ1) is 19.4. The molecule has 1 saturated heterocycles. The topological polar surface area (TPSA) is 109 Å². The highest BCUT2D eigenvalue weighted by Crippen LogP contribution is 2.38. The third kappa shape index (κ3) is 3.82. The van der Waals surface area contributed by atoms with Gasteiger partial charge in [-0.25, -0.2) is 9.59 Å². The van der Waals surface area contributed by atoms with Gasteiger partial charge in [0.2, 0.25) is 0 Å². The molecule has 2 aromatic rings. The first-order valence-electron chi connectivity index (χ1n) is 9.09. The van der Waals surface area contributed by atoms with Crippen LogP contribution in [-0.4, -0.2) is 22.6 Å². The second-order valence-corrected chi connectivity index (χ2v) is 7.84. The summed E-state index contributed by atoms with van der Waals surface area (Å²) >= 11 is 3.20. The van der Waals surface area contributed by atoms with E-state index in [-0.39, 0.29) is 28.3 Å². The Morgan fingerprint density at radius 1 is 1.03 bits per heavy atom. The van der Waals surface area contributed by atoms with Gasteiger partial charge in [-0.15, -0.1) is 0 Å². The maximum absolute atomic E-state index is 12.4. The van der Waals surface area contributed by atoms with Gasteiger partial charge in [0.05, 0.1) is 10.5 Å². The summed E-state index contributed by atoms with van der Waals surface area (Å²) in [6.45, 7) is 0. The Morgan fingerprint density at radius 3 is 2.38 bits per heavy atom. The van der Waals surface area contributed by atoms with Crippen LogP contribution in [0.15, 0.2) is 44.8 Å². The molecule has 150 valence electrons. The van der Waals surface area contributed by atoms with Crippen molar-refractivity contribution in [2.24, 2.45) is 0 Å². The molecule has 1 aromatic heterocycles. The SMILES string of the molecule is O=C1OC2(CCCCC2)OC(=O)C1=Cc1ccc(-c2ccc(Br)cc2[N+](=O)[O-])o1. The number of hydrogen-bond donors (Lipinski definition) is 0. The lowest BCUT2D eigenvalue weighted by Gasteiger charge is -2.38. The van der Waals surface area contributed by atoms with Crippen molar-refractivity contribution in [2.45, 2.75) is 37.9 Å². The number of rotatable bonds is 3. The van der Waals surface area contributed by atoms with Gasteiger partial charge in [0, 0.05) is 29.5 Å². The quantitative estimate of drug-likeness (QED) is 0.213. The third-order valence-electron chi connectivity index (χ3n) is 4.95. The Bertz CT molecular complexity index is 1010. The largest absolute Gasteiger partial charge is 0.456 e. The molecule has 0 atom stereocenters. The van der Waals surface area contributed by atoms with E-state index in [9.17, 15) is 19.7 Å². The molecule has 1 spiro atoms. The van der Waals surface area contributed by atoms with Gasteiger partial charge in [-0.2, -0.15) is 0 Å². The summed E-state index contributed by atoms with van der Waals surface area (Å²) in [6, 6.07) is 7.62. The fraction of sp³-hybridized carbons (Fsp3) is 0.300. The van der Waals surface area contributed by atoms with Gasteiger partial charge >= 0.3 is 11.9 Å². The third-order valence-corrected chi connectivity index (χ3v) is 5.44. The average molecular weight is 462 g/mol. The number of furan rings is 1. The molecule has 0 unspecified atom stereocenters. The summed E-state index contributed by atoms with van der Waals surface area (Å²) < 4.78 is 17.1. The van der Waals surface area contributed by atoms with Crippen LogP contribution in [-0.2, 0) is 19.1 Å². The van der Waals surface area contributed by atoms with Crippen molar-refractivity contribution in [3.05, 3.63) is 56.3 Å². The number of benzene rings is 1. The van der Waals surface area contributed by atoms with Crippen molar-refractivity contribution in [3.8, 4) is 11.3 Å². The molecule has 1 saturated carbocycles. The molecule has 2 aliphatic rings. The van der Waals surface area contributed by atoms with Gasteiger partial charge in [-0.1, -0.05) is 22.4 Å². The van der Waals surface area contributed by atoms with E-state index in [1.165, 1.54) is 24.3 Å². The summed E-state index contributed by atoms with van der Waals surface area (Å²) in [6.07, 6.45) is 4.89. The van der Waals surface area contributed by atoms with Crippen LogP contribution in [0.3, 0.4) is 0 Å². The number of hydrogen-bond acceptors (Lipinski definition) is 7. The highest BCUT2D eigenvalue weighted by atomic mass is 79.9. The van der Waals surface area contributed by atoms with E-state index < -0.39 is 22.6 Å². The van der Waals surface area contributed by atoms with E-state index in [2.05, 4.69) is 15.9 Å². The Hall–Kier alpha value is -2.94. The zero-order chi connectivity index (χ0) is 20.6. The predicted octanol–water partition coefficient (Wildman–Crippen LogP) is 4.76. The van der Waals surface area contributed by atoms with E-state index in [1.54, 1.807) is 12.1 Å². The van der Waals surface area contributed by atoms with Crippen LogP contribution in [0.25, 0.3) is 17.4 Å². The molecule has 0 N–H and O–H groups in total. The molecule has 1 aliphatic heterocycles. The van der Waals surface area contributed by atoms with Crippen molar-refractivity contribution >= 4 is 39.6 Å². The van der Waals surface area contributed by atoms with Crippen LogP contribution in [0.2, 0.25) is 0 Å². The number of ether oxygens (including phenoxy) is 2. The molecule has 9 heteroatoms. The van der Waals surface area contributed by atoms with Crippen LogP contribution < -0.4 is 0 Å². The van der Waals surface area contributed by atoms with Gasteiger partial charge in [0.15, 0.2) is 0 Å². The molecule has 2 fully saturated rings. The molecule has 4 rings (SSSR count). The number of esters is 2. The number of halogens is 1. The predicted molar refractivity (Wildman–Crippen MR) is 104 cm³/mol. The molecule has 0 amide bonds. The molecular weight excluding hydrogens is 446 g/mol. The first-order chi connectivity index (χ1) is 13.9. The fourth-order valence-electron chi connectivity index (χ4n) is 3.55. The van der Waals surface area contributed by atoms with Gasteiger partial charge in [-0.3, -0.25) is 10.1 Å². The number of nitro benzene ring substituents is 1. The van der Waals surface area contributed by atoms with Gasteiger partial charge in [-0.05, 0) is 37.1 Å². The van der Waals surface area contributed by atoms with Crippen LogP contribution in [0.5, 0.6) is 0 Å². The van der Waals surface area contributed by atoms with Gasteiger partial charge in [0.25, 0.3) is 11.5 Å². The Balaban J connectivity index is 1.61. The second-order valence-electron chi connectivity index (χ2n) is 6.93. The molecule has 1 aliphatic carbocycles. The van der Waals surface area contributed by atoms with E-state index in [0.29, 0.717) is 17.3 Å². The highest BCUT2D eigenvalue weighted by molar-refractivity contribution is 9.10. The zero-order valence-corrected chi connectivity index (χ0v) is 16.8. The van der Waals surface area contributed by atoms with E-state index >= 15 is 0 Å². The maximum atomic E-state index is 12.4. The lowest BCUT2D eigenvalue weighted by molar-refractivity contribution is -0.384. The zero-order valence-electron chi connectivity index (χ0n) is 15.2. The lowest BCUT2D eigenvalue weighted by atomic mass is 9.93. The van der Waals surface area contributed by atoms with Crippen molar-refractivity contribution in [3.63, 3.8) is 0 Å². The first-order valence-corrected chi connectivity index (χ1v) is 9.89. The summed E-state index contributed by atoms with van der Waals surface area (Å²) in [5.74, 6) is -2.25. The lowest BCUT2D eigenvalue weighted by Crippen LogP contribution is -2.47. The molecule has 0 bridgehead atoms. The van der Waals surface area contributed by atoms with E-state index in [1.807, 2.05) is 0 Å². The van der Waals surface area contributed by atoms with Crippen molar-refractivity contribution in [1.82, 2.24) is 0 Å². The number of carbonyl (C=O) groups excluding carboxylic acids is 2. The molecular formula is C20H16BrNO7. The summed E-state index contributed by atoms with van der Waals surface area (Å²) in [7, 11) is 0. The number of nitrogens with zero attached hydrogens (tertiary/aromatic N) is 1. The second kappa shape index (κ2) is 7.47. The Morgan fingerprint density at radius 2 is 1.72 bits per heavy atom. The fourth-order valence-corrected chi connectivity index (χ4v) is 3.90. The van der Waals surface area contributed by atoms with E-state index in [4.69, 9.17) is 13.9 Å². The van der Waals surface area contributed by atoms with Crippen LogP contribution in [0.4, 0.5) is 5.69 Å². The minimum Gasteiger partial charge on any atom is -0.456 e. The molecule has 2 heterocycles. The normalized spacial score (nSPS) is 18.3. The number of carbonyl (C=O) groups is 2. The average Bonchev–Trinajstić information content (AvgIpc) is 3.14. The van der Waals surface area contributed by atoms with Crippen LogP contribution in [0, 0.1) is 10.1 Å². The number of nitro groups is 1. The minimum absolute atomic E-state index is 0.136. The summed E-state index contributed by atoms with van der Waals surface area (Å²) in [5, 5.41) is 11.3. The van der Waals surface area contributed by atoms with Gasteiger partial charge in [0.1, 0.15) is 17.1 Å². The van der Waals surface area contributed by atoms with Crippen LogP contribution >= 0.6 is 15.9 Å². The molecule has 8 nitrogen and oxygen atoms in total. The highest BCUT2D eigenvalue weighted by Gasteiger charge is 2.46. The van der Waals surface area contributed by atoms with Crippen LogP contribution in [0.1, 0.15) is 37.9 Å². The van der Waals surface area contributed by atoms with Crippen molar-refractivity contribution < 1.29 is 28.4 Å². The Kier molecular flexibility index (Phi) is 4.99. The van der Waals surface area contributed by atoms with Crippen molar-refractivity contribution in [2.75, 3.05) is 0 Å². The van der Waals surface area contributed by atoms with Gasteiger partial charge < -0.3 is 13.9 Å². The smallest absolute Gasteiger partial charge is 0.349 e. The van der Waals surface area contributed by atoms with Crippen molar-refractivity contribution in [1.29, 1.82) is 0 Å². The molecule has 1 aromatic carbocycles. The minimum atomic E-state index is -1.16. The summed E-state index contributed by atoms with van der Waals surface area (Å²) in [4.78, 5) is 35.6. The van der Waals surface area contributed by atoms with E-state index in [0.717, 1.165) is 19.3 Å².